The second-order valence-corrected chi connectivity index (χ2v) is 9.02. The van der Waals surface area contributed by atoms with Crippen molar-refractivity contribution in [2.75, 3.05) is 23.8 Å². The largest absolute Gasteiger partial charge is 0.381 e. The standard InChI is InChI=1S/C23H26F3N7O2/c24-13-9-16(25)19(17(26)10-13)31-23-30-18-11-28-22(29-14-5-7-35-8-6-14)32-21(18)33(23)15-3-1-12(2-4-15)20(27)34/h9-12,14-15H,1-8H2,(H2,27,34)(H,30,31)(H,28,29,32)/t12-,15+. The van der Waals surface area contributed by atoms with E-state index in [1.807, 2.05) is 0 Å². The van der Waals surface area contributed by atoms with E-state index in [1.165, 1.54) is 0 Å². The van der Waals surface area contributed by atoms with Gasteiger partial charge in [-0.15, -0.1) is 0 Å². The van der Waals surface area contributed by atoms with E-state index in [2.05, 4.69) is 25.6 Å². The molecule has 2 fully saturated rings. The van der Waals surface area contributed by atoms with Crippen molar-refractivity contribution in [3.05, 3.63) is 35.8 Å². The monoisotopic (exact) mass is 489 g/mol. The highest BCUT2D eigenvalue weighted by atomic mass is 19.1. The molecule has 0 unspecified atom stereocenters. The molecule has 35 heavy (non-hydrogen) atoms. The van der Waals surface area contributed by atoms with Gasteiger partial charge in [0, 0.05) is 43.3 Å². The molecule has 3 heterocycles. The Labute approximate surface area is 199 Å². The number of anilines is 3. The molecule has 1 saturated carbocycles. The van der Waals surface area contributed by atoms with E-state index < -0.39 is 23.1 Å². The molecule has 2 aliphatic rings. The van der Waals surface area contributed by atoms with E-state index in [9.17, 15) is 18.0 Å². The number of rotatable bonds is 6. The van der Waals surface area contributed by atoms with Crippen LogP contribution in [-0.4, -0.2) is 44.7 Å². The zero-order chi connectivity index (χ0) is 24.5. The summed E-state index contributed by atoms with van der Waals surface area (Å²) in [5.41, 5.74) is 5.90. The summed E-state index contributed by atoms with van der Waals surface area (Å²) in [7, 11) is 0. The highest BCUT2D eigenvalue weighted by Crippen LogP contribution is 2.37. The van der Waals surface area contributed by atoms with Crippen LogP contribution in [0.2, 0.25) is 0 Å². The Hall–Kier alpha value is -3.41. The first-order chi connectivity index (χ1) is 16.9. The summed E-state index contributed by atoms with van der Waals surface area (Å²) >= 11 is 0. The van der Waals surface area contributed by atoms with E-state index in [-0.39, 0.29) is 29.9 Å². The molecule has 2 aromatic heterocycles. The van der Waals surface area contributed by atoms with Crippen molar-refractivity contribution in [2.24, 2.45) is 11.7 Å². The number of benzene rings is 1. The van der Waals surface area contributed by atoms with Gasteiger partial charge in [-0.05, 0) is 38.5 Å². The zero-order valence-corrected chi connectivity index (χ0v) is 18.9. The average Bonchev–Trinajstić information content (AvgIpc) is 3.19. The highest BCUT2D eigenvalue weighted by Gasteiger charge is 2.30. The number of carbonyl (C=O) groups excluding carboxylic acids is 1. The minimum absolute atomic E-state index is 0.143. The first kappa shape index (κ1) is 23.3. The first-order valence-corrected chi connectivity index (χ1v) is 11.7. The molecule has 1 amide bonds. The maximum absolute atomic E-state index is 14.4. The summed E-state index contributed by atoms with van der Waals surface area (Å²) in [5.74, 6) is -3.15. The van der Waals surface area contributed by atoms with Gasteiger partial charge < -0.3 is 21.1 Å². The fourth-order valence-corrected chi connectivity index (χ4v) is 4.81. The van der Waals surface area contributed by atoms with E-state index >= 15 is 0 Å². The Morgan fingerprint density at radius 1 is 1.03 bits per heavy atom. The number of aromatic nitrogens is 4. The van der Waals surface area contributed by atoms with Crippen LogP contribution in [0, 0.1) is 23.4 Å². The average molecular weight is 490 g/mol. The van der Waals surface area contributed by atoms with Gasteiger partial charge in [-0.3, -0.25) is 9.36 Å². The predicted octanol–water partition coefficient (Wildman–Crippen LogP) is 3.79. The zero-order valence-electron chi connectivity index (χ0n) is 18.9. The Morgan fingerprint density at radius 3 is 2.37 bits per heavy atom. The first-order valence-electron chi connectivity index (χ1n) is 11.7. The fourth-order valence-electron chi connectivity index (χ4n) is 4.81. The minimum atomic E-state index is -1.08. The Bertz CT molecular complexity index is 1210. The molecule has 12 heteroatoms. The number of amides is 1. The van der Waals surface area contributed by atoms with Gasteiger partial charge in [-0.1, -0.05) is 0 Å². The lowest BCUT2D eigenvalue weighted by Gasteiger charge is -2.29. The minimum Gasteiger partial charge on any atom is -0.381 e. The van der Waals surface area contributed by atoms with Gasteiger partial charge >= 0.3 is 0 Å². The quantitative estimate of drug-likeness (QED) is 0.482. The molecule has 1 aliphatic heterocycles. The Kier molecular flexibility index (Phi) is 6.46. The number of fused-ring (bicyclic) bond motifs is 1. The maximum Gasteiger partial charge on any atom is 0.224 e. The number of ether oxygens (including phenoxy) is 1. The van der Waals surface area contributed by atoms with Crippen LogP contribution >= 0.6 is 0 Å². The molecule has 1 saturated heterocycles. The molecule has 0 spiro atoms. The third-order valence-electron chi connectivity index (χ3n) is 6.70. The maximum atomic E-state index is 14.4. The lowest BCUT2D eigenvalue weighted by atomic mass is 9.85. The fraction of sp³-hybridized carbons (Fsp3) is 0.478. The van der Waals surface area contributed by atoms with Crippen LogP contribution in [0.1, 0.15) is 44.6 Å². The van der Waals surface area contributed by atoms with E-state index in [0.717, 1.165) is 12.8 Å². The summed E-state index contributed by atoms with van der Waals surface area (Å²) in [6.07, 6.45) is 5.58. The molecule has 3 aromatic rings. The van der Waals surface area contributed by atoms with Crippen LogP contribution in [0.5, 0.6) is 0 Å². The van der Waals surface area contributed by atoms with Crippen molar-refractivity contribution in [3.8, 4) is 0 Å². The van der Waals surface area contributed by atoms with Crippen LogP contribution in [0.15, 0.2) is 18.3 Å². The number of primary amides is 1. The van der Waals surface area contributed by atoms with Crippen LogP contribution in [-0.2, 0) is 9.53 Å². The van der Waals surface area contributed by atoms with Crippen molar-refractivity contribution >= 4 is 34.7 Å². The SMILES string of the molecule is NC(=O)[C@H]1CC[C@@H](n2c(Nc3c(F)cc(F)cc3F)nc3cnc(NC4CCOCC4)nc32)CC1. The summed E-state index contributed by atoms with van der Waals surface area (Å²) in [6, 6.07) is 1.23. The Balaban J connectivity index is 1.52. The molecule has 186 valence electrons. The molecular weight excluding hydrogens is 463 g/mol. The van der Waals surface area contributed by atoms with Crippen molar-refractivity contribution in [2.45, 2.75) is 50.6 Å². The smallest absolute Gasteiger partial charge is 0.224 e. The lowest BCUT2D eigenvalue weighted by Crippen LogP contribution is -2.29. The molecule has 9 nitrogen and oxygen atoms in total. The molecule has 0 bridgehead atoms. The number of hydrogen-bond acceptors (Lipinski definition) is 7. The second kappa shape index (κ2) is 9.68. The number of carbonyl (C=O) groups is 1. The van der Waals surface area contributed by atoms with Gasteiger partial charge in [0.25, 0.3) is 0 Å². The molecule has 4 N–H and O–H groups in total. The molecule has 1 aromatic carbocycles. The van der Waals surface area contributed by atoms with Gasteiger partial charge in [0.05, 0.1) is 6.20 Å². The summed E-state index contributed by atoms with van der Waals surface area (Å²) in [5, 5.41) is 6.02. The van der Waals surface area contributed by atoms with Gasteiger partial charge in [0.2, 0.25) is 17.8 Å². The van der Waals surface area contributed by atoms with Gasteiger partial charge in [0.15, 0.2) is 17.3 Å². The number of imidazole rings is 1. The van der Waals surface area contributed by atoms with Crippen LogP contribution in [0.3, 0.4) is 0 Å². The van der Waals surface area contributed by atoms with Crippen molar-refractivity contribution in [1.82, 2.24) is 19.5 Å². The van der Waals surface area contributed by atoms with Gasteiger partial charge in [-0.25, -0.2) is 23.1 Å². The van der Waals surface area contributed by atoms with Crippen molar-refractivity contribution in [1.29, 1.82) is 0 Å². The van der Waals surface area contributed by atoms with E-state index in [1.54, 1.807) is 10.8 Å². The second-order valence-electron chi connectivity index (χ2n) is 9.02. The third kappa shape index (κ3) is 4.88. The number of nitrogens with zero attached hydrogens (tertiary/aromatic N) is 4. The molecular formula is C23H26F3N7O2. The van der Waals surface area contributed by atoms with E-state index in [4.69, 9.17) is 10.5 Å². The lowest BCUT2D eigenvalue weighted by molar-refractivity contribution is -0.122. The number of nitrogens with one attached hydrogen (secondary N) is 2. The number of halogens is 3. The van der Waals surface area contributed by atoms with Crippen molar-refractivity contribution in [3.63, 3.8) is 0 Å². The van der Waals surface area contributed by atoms with E-state index in [0.29, 0.717) is 68.1 Å². The number of nitrogens with two attached hydrogens (primary N) is 1. The third-order valence-corrected chi connectivity index (χ3v) is 6.70. The summed E-state index contributed by atoms with van der Waals surface area (Å²) < 4.78 is 49.4. The molecule has 0 atom stereocenters. The Morgan fingerprint density at radius 2 is 1.71 bits per heavy atom. The normalized spacial score (nSPS) is 21.2. The summed E-state index contributed by atoms with van der Waals surface area (Å²) in [4.78, 5) is 25.2. The van der Waals surface area contributed by atoms with Crippen molar-refractivity contribution < 1.29 is 22.7 Å². The van der Waals surface area contributed by atoms with Crippen LogP contribution in [0.4, 0.5) is 30.8 Å². The van der Waals surface area contributed by atoms with Crippen LogP contribution < -0.4 is 16.4 Å². The summed E-state index contributed by atoms with van der Waals surface area (Å²) in [6.45, 7) is 1.31. The molecule has 0 radical (unpaired) electrons. The molecule has 1 aliphatic carbocycles. The van der Waals surface area contributed by atoms with Gasteiger partial charge in [-0.2, -0.15) is 4.98 Å². The van der Waals surface area contributed by atoms with Gasteiger partial charge in [0.1, 0.15) is 17.0 Å². The predicted molar refractivity (Wildman–Crippen MR) is 123 cm³/mol. The highest BCUT2D eigenvalue weighted by molar-refractivity contribution is 5.78. The topological polar surface area (TPSA) is 120 Å². The number of hydrogen-bond donors (Lipinski definition) is 3. The van der Waals surface area contributed by atoms with Crippen LogP contribution in [0.25, 0.3) is 11.2 Å². The molecule has 5 rings (SSSR count).